The molecule has 5 aliphatic rings. The van der Waals surface area contributed by atoms with Crippen LogP contribution >= 0.6 is 0 Å². The van der Waals surface area contributed by atoms with E-state index in [1.165, 1.54) is 5.57 Å². The van der Waals surface area contributed by atoms with Gasteiger partial charge in [-0.1, -0.05) is 73.7 Å². The monoisotopic (exact) mass is 907 g/mol. The number of anilines is 1. The number of rotatable bonds is 13. The van der Waals surface area contributed by atoms with Crippen molar-refractivity contribution in [3.05, 3.63) is 125 Å². The van der Waals surface area contributed by atoms with Crippen molar-refractivity contribution in [3.63, 3.8) is 0 Å². The highest BCUT2D eigenvalue weighted by Crippen LogP contribution is 2.35. The zero-order chi connectivity index (χ0) is 46.4. The predicted octanol–water partition coefficient (Wildman–Crippen LogP) is 4.15. The predicted molar refractivity (Wildman–Crippen MR) is 260 cm³/mol. The Balaban J connectivity index is 0.687. The van der Waals surface area contributed by atoms with Gasteiger partial charge in [-0.3, -0.25) is 29.5 Å². The molecule has 5 aliphatic heterocycles. The number of hydrogen-bond acceptors (Lipinski definition) is 10. The highest BCUT2D eigenvalue weighted by molar-refractivity contribution is 6.58. The first-order chi connectivity index (χ1) is 32.6. The number of carbonyl (C=O) groups excluding carboxylic acids is 4. The first kappa shape index (κ1) is 46.1. The number of benzene rings is 4. The summed E-state index contributed by atoms with van der Waals surface area (Å²) in [6.45, 7) is 13.3. The standard InChI is InChI=1S/C52H62BN7O7/c1-2-45(38-6-4-3-5-7-38)49(39-8-12-42(13-9-39)53(65)66)40-10-15-44(16-11-40)67-33-32-55-24-30-59(31-25-55)52(64)58-22-20-37(21-23-58)35-56-26-28-57(29-27-56)43-14-17-46-41(34-43)36-60(51(46)63)47-18-19-48(61)54-50(47)62/h3-17,34,37,47,65-66H,2,18-33,35-36H2,1H3,(H,54,61,62)/b49-45+. The summed E-state index contributed by atoms with van der Waals surface area (Å²) in [6, 6.07) is 31.6. The molecule has 5 amide bonds. The molecule has 9 rings (SSSR count). The fraction of sp³-hybridized carbons (Fsp3) is 0.423. The number of fused-ring (bicyclic) bond motifs is 1. The van der Waals surface area contributed by atoms with Gasteiger partial charge in [0.15, 0.2) is 0 Å². The van der Waals surface area contributed by atoms with E-state index in [-0.39, 0.29) is 30.2 Å². The molecular weight excluding hydrogens is 845 g/mol. The quantitative estimate of drug-likeness (QED) is 0.102. The van der Waals surface area contributed by atoms with Gasteiger partial charge in [0, 0.05) is 103 Å². The molecule has 4 aromatic carbocycles. The second-order valence-corrected chi connectivity index (χ2v) is 18.5. The smallest absolute Gasteiger partial charge is 0.488 e. The first-order valence-corrected chi connectivity index (χ1v) is 24.1. The molecule has 0 aromatic heterocycles. The molecule has 0 saturated carbocycles. The van der Waals surface area contributed by atoms with E-state index in [0.29, 0.717) is 49.6 Å². The minimum Gasteiger partial charge on any atom is -0.492 e. The molecule has 0 aliphatic carbocycles. The van der Waals surface area contributed by atoms with Crippen LogP contribution in [0.2, 0.25) is 0 Å². The lowest BCUT2D eigenvalue weighted by Crippen LogP contribution is -2.55. The molecule has 0 bridgehead atoms. The molecule has 4 saturated heterocycles. The molecule has 350 valence electrons. The van der Waals surface area contributed by atoms with Crippen LogP contribution in [0.25, 0.3) is 11.1 Å². The Bertz CT molecular complexity index is 2430. The van der Waals surface area contributed by atoms with Crippen molar-refractivity contribution in [3.8, 4) is 5.75 Å². The van der Waals surface area contributed by atoms with E-state index in [9.17, 15) is 29.2 Å². The van der Waals surface area contributed by atoms with Gasteiger partial charge < -0.3 is 34.4 Å². The number of nitrogens with zero attached hydrogens (tertiary/aromatic N) is 6. The summed E-state index contributed by atoms with van der Waals surface area (Å²) in [5, 5.41) is 21.7. The van der Waals surface area contributed by atoms with Crippen LogP contribution in [-0.2, 0) is 16.1 Å². The summed E-state index contributed by atoms with van der Waals surface area (Å²) in [5.41, 5.74) is 8.64. The van der Waals surface area contributed by atoms with Crippen molar-refractivity contribution in [2.45, 2.75) is 51.6 Å². The van der Waals surface area contributed by atoms with E-state index >= 15 is 0 Å². The van der Waals surface area contributed by atoms with Crippen molar-refractivity contribution >= 4 is 53.2 Å². The van der Waals surface area contributed by atoms with Gasteiger partial charge in [-0.05, 0) is 101 Å². The van der Waals surface area contributed by atoms with Crippen LogP contribution in [0.15, 0.2) is 97.1 Å². The number of piperazine rings is 2. The number of piperidine rings is 2. The largest absolute Gasteiger partial charge is 0.492 e. The van der Waals surface area contributed by atoms with Crippen LogP contribution in [0.3, 0.4) is 0 Å². The van der Waals surface area contributed by atoms with Crippen LogP contribution in [0.1, 0.15) is 71.6 Å². The summed E-state index contributed by atoms with van der Waals surface area (Å²) < 4.78 is 6.23. The van der Waals surface area contributed by atoms with Crippen molar-refractivity contribution in [2.24, 2.45) is 5.92 Å². The van der Waals surface area contributed by atoms with Gasteiger partial charge in [-0.25, -0.2) is 4.79 Å². The zero-order valence-electron chi connectivity index (χ0n) is 38.5. The Morgan fingerprint density at radius 2 is 1.39 bits per heavy atom. The van der Waals surface area contributed by atoms with Crippen molar-refractivity contribution in [1.29, 1.82) is 0 Å². The van der Waals surface area contributed by atoms with Crippen LogP contribution in [0.4, 0.5) is 10.5 Å². The van der Waals surface area contributed by atoms with Crippen LogP contribution < -0.4 is 20.4 Å². The Hall–Kier alpha value is -6.00. The Morgan fingerprint density at radius 3 is 2.04 bits per heavy atom. The third-order valence-corrected chi connectivity index (χ3v) is 14.4. The van der Waals surface area contributed by atoms with Gasteiger partial charge >= 0.3 is 13.1 Å². The normalized spacial score (nSPS) is 20.2. The van der Waals surface area contributed by atoms with Gasteiger partial charge in [0.2, 0.25) is 11.8 Å². The van der Waals surface area contributed by atoms with E-state index in [2.05, 4.69) is 62.2 Å². The van der Waals surface area contributed by atoms with Crippen molar-refractivity contribution in [2.75, 3.05) is 90.0 Å². The van der Waals surface area contributed by atoms with Crippen LogP contribution in [-0.4, -0.2) is 157 Å². The number of hydrogen-bond donors (Lipinski definition) is 3. The number of amides is 5. The topological polar surface area (TPSA) is 149 Å². The summed E-state index contributed by atoms with van der Waals surface area (Å²) in [5.74, 6) is 0.555. The second kappa shape index (κ2) is 20.9. The second-order valence-electron chi connectivity index (χ2n) is 18.5. The van der Waals surface area contributed by atoms with E-state index in [1.807, 2.05) is 59.5 Å². The zero-order valence-corrected chi connectivity index (χ0v) is 38.5. The molecular formula is C52H62BN7O7. The Labute approximate surface area is 393 Å². The van der Waals surface area contributed by atoms with E-state index in [0.717, 1.165) is 124 Å². The van der Waals surface area contributed by atoms with Gasteiger partial charge in [-0.15, -0.1) is 0 Å². The molecule has 3 N–H and O–H groups in total. The Kier molecular flexibility index (Phi) is 14.4. The maximum Gasteiger partial charge on any atom is 0.488 e. The molecule has 67 heavy (non-hydrogen) atoms. The lowest BCUT2D eigenvalue weighted by atomic mass is 9.79. The molecule has 1 unspecified atom stereocenters. The summed E-state index contributed by atoms with van der Waals surface area (Å²) >= 11 is 0. The maximum atomic E-state index is 13.6. The summed E-state index contributed by atoms with van der Waals surface area (Å²) in [7, 11) is -1.52. The van der Waals surface area contributed by atoms with E-state index < -0.39 is 13.2 Å². The SMILES string of the molecule is CC/C(=C(\c1ccc(OCCN2CCN(C(=O)N3CCC(CN4CCN(c5ccc6c(c5)CN(C5CCC(=O)NC5=O)C6=O)CC4)CC3)CC2)cc1)c1ccc(B(O)O)cc1)c1ccccc1. The third kappa shape index (κ3) is 10.6. The third-order valence-electron chi connectivity index (χ3n) is 14.4. The van der Waals surface area contributed by atoms with E-state index in [1.54, 1.807) is 17.0 Å². The first-order valence-electron chi connectivity index (χ1n) is 24.1. The lowest BCUT2D eigenvalue weighted by Gasteiger charge is -2.41. The van der Waals surface area contributed by atoms with Gasteiger partial charge in [0.1, 0.15) is 18.4 Å². The van der Waals surface area contributed by atoms with Crippen molar-refractivity contribution in [1.82, 2.24) is 29.8 Å². The van der Waals surface area contributed by atoms with E-state index in [4.69, 9.17) is 4.74 Å². The van der Waals surface area contributed by atoms with Gasteiger partial charge in [0.25, 0.3) is 5.91 Å². The number of allylic oxidation sites excluding steroid dienone is 1. The Morgan fingerprint density at radius 1 is 0.731 bits per heavy atom. The van der Waals surface area contributed by atoms with Crippen LogP contribution in [0, 0.1) is 5.92 Å². The maximum absolute atomic E-state index is 13.6. The lowest BCUT2D eigenvalue weighted by molar-refractivity contribution is -0.136. The molecule has 4 aromatic rings. The molecule has 4 fully saturated rings. The summed E-state index contributed by atoms with van der Waals surface area (Å²) in [4.78, 5) is 63.9. The molecule has 1 atom stereocenters. The highest BCUT2D eigenvalue weighted by atomic mass is 16.5. The number of carbonyl (C=O) groups is 4. The molecule has 14 nitrogen and oxygen atoms in total. The average Bonchev–Trinajstić information content (AvgIpc) is 3.68. The number of ether oxygens (including phenoxy) is 1. The van der Waals surface area contributed by atoms with Gasteiger partial charge in [-0.2, -0.15) is 0 Å². The minimum atomic E-state index is -1.52. The van der Waals surface area contributed by atoms with Gasteiger partial charge in [0.05, 0.1) is 0 Å². The molecule has 5 heterocycles. The summed E-state index contributed by atoms with van der Waals surface area (Å²) in [6.07, 6.45) is 3.46. The van der Waals surface area contributed by atoms with Crippen molar-refractivity contribution < 1.29 is 34.0 Å². The highest BCUT2D eigenvalue weighted by Gasteiger charge is 2.39. The fourth-order valence-electron chi connectivity index (χ4n) is 10.5. The van der Waals surface area contributed by atoms with Crippen LogP contribution in [0.5, 0.6) is 5.75 Å². The average molecular weight is 908 g/mol. The molecule has 0 radical (unpaired) electrons. The number of urea groups is 1. The number of imide groups is 1. The molecule has 15 heteroatoms. The number of nitrogens with one attached hydrogen (secondary N) is 1. The number of likely N-dealkylation sites (tertiary alicyclic amines) is 1. The fourth-order valence-corrected chi connectivity index (χ4v) is 10.5. The minimum absolute atomic E-state index is 0.143. The molecule has 0 spiro atoms.